The molecule has 1 atom stereocenters. The molecule has 3 rings (SSSR count). The zero-order chi connectivity index (χ0) is 18.8. The Morgan fingerprint density at radius 3 is 2.77 bits per heavy atom. The predicted octanol–water partition coefficient (Wildman–Crippen LogP) is 2.57. The number of hydrogen-bond donors (Lipinski definition) is 2. The van der Waals surface area contributed by atoms with Gasteiger partial charge in [0.25, 0.3) is 5.91 Å². The fourth-order valence-electron chi connectivity index (χ4n) is 2.88. The number of rotatable bonds is 3. The number of halogens is 2. The molecule has 1 aliphatic heterocycles. The van der Waals surface area contributed by atoms with E-state index in [0.29, 0.717) is 45.8 Å². The smallest absolute Gasteiger partial charge is 0.255 e. The zero-order valence-electron chi connectivity index (χ0n) is 14.1. The minimum absolute atomic E-state index is 0.204. The minimum Gasteiger partial charge on any atom is -0.399 e. The average Bonchev–Trinajstić information content (AvgIpc) is 2.63. The van der Waals surface area contributed by atoms with E-state index in [-0.39, 0.29) is 11.9 Å². The van der Waals surface area contributed by atoms with E-state index in [4.69, 9.17) is 34.8 Å². The van der Waals surface area contributed by atoms with E-state index in [1.54, 1.807) is 41.7 Å². The Labute approximate surface area is 161 Å². The molecule has 0 bridgehead atoms. The van der Waals surface area contributed by atoms with Crippen molar-refractivity contribution in [3.8, 4) is 0 Å². The number of carbonyl (C=O) groups excluding carboxylic acids is 1. The Balaban J connectivity index is 1.86. The van der Waals surface area contributed by atoms with E-state index < -0.39 is 0 Å². The van der Waals surface area contributed by atoms with Gasteiger partial charge in [0.1, 0.15) is 0 Å². The maximum atomic E-state index is 12.9. The van der Waals surface area contributed by atoms with Crippen molar-refractivity contribution >= 4 is 34.9 Å². The first-order valence-electron chi connectivity index (χ1n) is 7.95. The molecule has 26 heavy (non-hydrogen) atoms. The third-order valence-electron chi connectivity index (χ3n) is 4.35. The summed E-state index contributed by atoms with van der Waals surface area (Å²) in [6.45, 7) is 2.30. The van der Waals surface area contributed by atoms with Crippen LogP contribution >= 0.6 is 23.2 Å². The molecule has 4 N–H and O–H groups in total. The van der Waals surface area contributed by atoms with Gasteiger partial charge in [0.05, 0.1) is 34.2 Å². The fraction of sp³-hybridized carbons (Fsp3) is 0.235. The van der Waals surface area contributed by atoms with Crippen molar-refractivity contribution in [1.82, 2.24) is 14.9 Å². The molecule has 1 aromatic carbocycles. The third kappa shape index (κ3) is 3.46. The van der Waals surface area contributed by atoms with Gasteiger partial charge in [-0.2, -0.15) is 0 Å². The molecular weight excluding hydrogens is 375 g/mol. The summed E-state index contributed by atoms with van der Waals surface area (Å²) in [6, 6.07) is 4.45. The van der Waals surface area contributed by atoms with Gasteiger partial charge >= 0.3 is 0 Å². The van der Waals surface area contributed by atoms with Crippen molar-refractivity contribution in [2.45, 2.75) is 19.4 Å². The van der Waals surface area contributed by atoms with E-state index in [0.717, 1.165) is 0 Å². The van der Waals surface area contributed by atoms with Gasteiger partial charge < -0.3 is 10.6 Å². The highest BCUT2D eigenvalue weighted by atomic mass is 35.5. The van der Waals surface area contributed by atoms with Gasteiger partial charge in [-0.15, -0.1) is 0 Å². The highest BCUT2D eigenvalue weighted by Gasteiger charge is 2.31. The van der Waals surface area contributed by atoms with Gasteiger partial charge in [-0.25, -0.2) is 10.8 Å². The van der Waals surface area contributed by atoms with Crippen LogP contribution in [0.25, 0.3) is 0 Å². The number of anilines is 1. The molecule has 9 heteroatoms. The van der Waals surface area contributed by atoms with E-state index in [2.05, 4.69) is 9.97 Å². The Hall–Kier alpha value is -2.35. The number of nitrogens with zero attached hydrogens (tertiary/aromatic N) is 4. The Morgan fingerprint density at radius 1 is 1.35 bits per heavy atom. The second-order valence-corrected chi connectivity index (χ2v) is 6.73. The summed E-state index contributed by atoms with van der Waals surface area (Å²) < 4.78 is 0. The second kappa shape index (κ2) is 7.49. The van der Waals surface area contributed by atoms with Crippen molar-refractivity contribution in [3.63, 3.8) is 0 Å². The number of nitrogens with two attached hydrogens (primary N) is 2. The molecule has 0 spiro atoms. The van der Waals surface area contributed by atoms with E-state index in [1.807, 2.05) is 6.92 Å². The van der Waals surface area contributed by atoms with E-state index in [9.17, 15) is 4.79 Å². The van der Waals surface area contributed by atoms with Crippen molar-refractivity contribution in [3.05, 3.63) is 63.8 Å². The van der Waals surface area contributed by atoms with Crippen LogP contribution in [0, 0.1) is 0 Å². The topological polar surface area (TPSA) is 101 Å². The van der Waals surface area contributed by atoms with Gasteiger partial charge in [-0.3, -0.25) is 14.8 Å². The maximum Gasteiger partial charge on any atom is 0.255 e. The van der Waals surface area contributed by atoms with Crippen LogP contribution in [0.2, 0.25) is 10.0 Å². The standard InChI is InChI=1S/C17H18Cl2N6O/c1-10-16(20)14(25(21)15-9-22-5-6-23-15)4-7-24(10)17(26)12-3-2-11(18)8-13(12)19/h2-3,5-6,8-10H,4,7,20-21H2,1H3. The number of benzene rings is 1. The number of hydrazine groups is 1. The number of carbonyl (C=O) groups is 1. The van der Waals surface area contributed by atoms with Crippen LogP contribution < -0.4 is 16.6 Å². The highest BCUT2D eigenvalue weighted by Crippen LogP contribution is 2.28. The summed E-state index contributed by atoms with van der Waals surface area (Å²) in [4.78, 5) is 22.7. The van der Waals surface area contributed by atoms with Crippen LogP contribution in [0.3, 0.4) is 0 Å². The van der Waals surface area contributed by atoms with Crippen molar-refractivity contribution in [2.24, 2.45) is 11.6 Å². The lowest BCUT2D eigenvalue weighted by atomic mass is 10.0. The van der Waals surface area contributed by atoms with Crippen molar-refractivity contribution < 1.29 is 4.79 Å². The average molecular weight is 393 g/mol. The first-order chi connectivity index (χ1) is 12.4. The third-order valence-corrected chi connectivity index (χ3v) is 4.90. The Bertz CT molecular complexity index is 858. The highest BCUT2D eigenvalue weighted by molar-refractivity contribution is 6.36. The minimum atomic E-state index is -0.347. The molecule has 0 saturated heterocycles. The maximum absolute atomic E-state index is 12.9. The quantitative estimate of drug-likeness (QED) is 0.614. The van der Waals surface area contributed by atoms with E-state index in [1.165, 1.54) is 5.01 Å². The van der Waals surface area contributed by atoms with Crippen molar-refractivity contribution in [2.75, 3.05) is 11.6 Å². The van der Waals surface area contributed by atoms with E-state index >= 15 is 0 Å². The molecule has 2 heterocycles. The predicted molar refractivity (Wildman–Crippen MR) is 101 cm³/mol. The fourth-order valence-corrected chi connectivity index (χ4v) is 3.37. The van der Waals surface area contributed by atoms with Gasteiger partial charge in [-0.1, -0.05) is 23.2 Å². The molecule has 1 unspecified atom stereocenters. The Kier molecular flexibility index (Phi) is 5.31. The summed E-state index contributed by atoms with van der Waals surface area (Å²) >= 11 is 12.1. The SMILES string of the molecule is CC1C(N)=C(N(N)c2cnccn2)CCN1C(=O)c1ccc(Cl)cc1Cl. The zero-order valence-corrected chi connectivity index (χ0v) is 15.6. The van der Waals surface area contributed by atoms with Gasteiger partial charge in [-0.05, 0) is 25.1 Å². The van der Waals surface area contributed by atoms with Crippen LogP contribution in [-0.4, -0.2) is 33.4 Å². The molecule has 2 aromatic rings. The molecule has 0 aliphatic carbocycles. The van der Waals surface area contributed by atoms with Crippen LogP contribution in [0.15, 0.2) is 48.2 Å². The number of hydrogen-bond acceptors (Lipinski definition) is 6. The normalized spacial score (nSPS) is 17.4. The second-order valence-electron chi connectivity index (χ2n) is 5.88. The van der Waals surface area contributed by atoms with Crippen LogP contribution in [0.4, 0.5) is 5.82 Å². The molecule has 1 aromatic heterocycles. The summed E-state index contributed by atoms with van der Waals surface area (Å²) in [5, 5.41) is 2.20. The van der Waals surface area contributed by atoms with Crippen LogP contribution in [0.1, 0.15) is 23.7 Å². The summed E-state index contributed by atoms with van der Waals surface area (Å²) in [5.41, 5.74) is 7.89. The summed E-state index contributed by atoms with van der Waals surface area (Å²) in [5.74, 6) is 6.43. The Morgan fingerprint density at radius 2 is 2.12 bits per heavy atom. The number of aromatic nitrogens is 2. The lowest BCUT2D eigenvalue weighted by molar-refractivity contribution is 0.0704. The monoisotopic (exact) mass is 392 g/mol. The summed E-state index contributed by atoms with van der Waals surface area (Å²) in [7, 11) is 0. The number of amides is 1. The first kappa shape index (κ1) is 18.4. The van der Waals surface area contributed by atoms with Crippen LogP contribution in [-0.2, 0) is 0 Å². The van der Waals surface area contributed by atoms with Crippen LogP contribution in [0.5, 0.6) is 0 Å². The molecule has 7 nitrogen and oxygen atoms in total. The lowest BCUT2D eigenvalue weighted by Crippen LogP contribution is -2.49. The molecule has 1 aliphatic rings. The molecule has 0 radical (unpaired) electrons. The molecule has 1 amide bonds. The first-order valence-corrected chi connectivity index (χ1v) is 8.71. The molecule has 0 saturated carbocycles. The molecule has 0 fully saturated rings. The van der Waals surface area contributed by atoms with Gasteiger partial charge in [0, 0.05) is 30.4 Å². The summed E-state index contributed by atoms with van der Waals surface area (Å²) in [6.07, 6.45) is 5.15. The van der Waals surface area contributed by atoms with Gasteiger partial charge in [0.2, 0.25) is 0 Å². The molecular formula is C17H18Cl2N6O. The largest absolute Gasteiger partial charge is 0.399 e. The van der Waals surface area contributed by atoms with Gasteiger partial charge in [0.15, 0.2) is 5.82 Å². The molecule has 136 valence electrons. The lowest BCUT2D eigenvalue weighted by Gasteiger charge is -2.37. The van der Waals surface area contributed by atoms with Crippen molar-refractivity contribution in [1.29, 1.82) is 0 Å².